The van der Waals surface area contributed by atoms with Gasteiger partial charge < -0.3 is 4.74 Å². The Morgan fingerprint density at radius 2 is 1.35 bits per heavy atom. The molecule has 0 radical (unpaired) electrons. The van der Waals surface area contributed by atoms with Gasteiger partial charge in [-0.1, -0.05) is 78.3 Å². The average Bonchev–Trinajstić information content (AvgIpc) is 3.41. The molecular weight excluding hydrogens is 454 g/mol. The molecule has 0 N–H and O–H groups in total. The van der Waals surface area contributed by atoms with Crippen molar-refractivity contribution in [3.8, 4) is 0 Å². The van der Waals surface area contributed by atoms with Crippen LogP contribution in [0.1, 0.15) is 37.9 Å². The Morgan fingerprint density at radius 1 is 0.765 bits per heavy atom. The number of fused-ring (bicyclic) bond motifs is 3. The van der Waals surface area contributed by atoms with Gasteiger partial charge in [0.1, 0.15) is 0 Å². The maximum Gasteiger partial charge on any atom is 0.237 e. The maximum absolute atomic E-state index is 13.7. The molecule has 3 aliphatic rings. The van der Waals surface area contributed by atoms with Crippen LogP contribution in [0.4, 0.5) is 0 Å². The summed E-state index contributed by atoms with van der Waals surface area (Å²) in [5.41, 5.74) is -0.281. The fourth-order valence-electron chi connectivity index (χ4n) is 5.45. The van der Waals surface area contributed by atoms with Crippen LogP contribution in [0.5, 0.6) is 0 Å². The largest absolute Gasteiger partial charge is 0.349 e. The summed E-state index contributed by atoms with van der Waals surface area (Å²) in [6, 6.07) is 22.2. The monoisotopic (exact) mass is 471 g/mol. The lowest BCUT2D eigenvalue weighted by Gasteiger charge is -2.27. The van der Waals surface area contributed by atoms with Crippen LogP contribution in [0.15, 0.2) is 78.9 Å². The van der Waals surface area contributed by atoms with Crippen LogP contribution in [0, 0.1) is 11.8 Å². The molecule has 34 heavy (non-hydrogen) atoms. The van der Waals surface area contributed by atoms with Crippen LogP contribution < -0.4 is 0 Å². The van der Waals surface area contributed by atoms with Crippen LogP contribution in [0.3, 0.4) is 0 Å². The lowest BCUT2D eigenvalue weighted by Crippen LogP contribution is -2.50. The predicted molar refractivity (Wildman–Crippen MR) is 122 cm³/mol. The normalized spacial score (nSPS) is 24.7. The van der Waals surface area contributed by atoms with E-state index < -0.39 is 46.9 Å². The molecule has 3 aromatic rings. The Balaban J connectivity index is 1.49. The molecule has 2 aliphatic heterocycles. The maximum atomic E-state index is 13.7. The van der Waals surface area contributed by atoms with Gasteiger partial charge >= 0.3 is 0 Å². The van der Waals surface area contributed by atoms with E-state index in [4.69, 9.17) is 16.3 Å². The summed E-state index contributed by atoms with van der Waals surface area (Å²) in [7, 11) is 0. The second-order valence-electron chi connectivity index (χ2n) is 8.78. The Bertz CT molecular complexity index is 1330. The zero-order chi connectivity index (χ0) is 23.6. The summed E-state index contributed by atoms with van der Waals surface area (Å²) in [4.78, 5) is 55.9. The molecule has 0 saturated carbocycles. The van der Waals surface area contributed by atoms with Crippen molar-refractivity contribution in [2.45, 2.75) is 18.2 Å². The molecule has 2 heterocycles. The van der Waals surface area contributed by atoms with Gasteiger partial charge in [-0.15, -0.1) is 0 Å². The van der Waals surface area contributed by atoms with E-state index in [0.29, 0.717) is 10.6 Å². The van der Waals surface area contributed by atoms with Crippen molar-refractivity contribution in [1.29, 1.82) is 0 Å². The average molecular weight is 472 g/mol. The van der Waals surface area contributed by atoms with Crippen LogP contribution in [0.2, 0.25) is 5.02 Å². The van der Waals surface area contributed by atoms with E-state index in [2.05, 4.69) is 0 Å². The first-order chi connectivity index (χ1) is 16.4. The Labute approximate surface area is 200 Å². The topological polar surface area (TPSA) is 80.8 Å². The minimum atomic E-state index is -2.06. The first-order valence-corrected chi connectivity index (χ1v) is 11.3. The highest BCUT2D eigenvalue weighted by Gasteiger charge is 2.74. The quantitative estimate of drug-likeness (QED) is 0.425. The number of hydrogen-bond acceptors (Lipinski definition) is 5. The van der Waals surface area contributed by atoms with E-state index in [1.165, 1.54) is 0 Å². The third kappa shape index (κ3) is 2.73. The standard InChI is InChI=1S/C27H18ClNO5/c28-17-12-10-16(11-13-17)22-20-21(26(33)29(25(20)32)14-15-6-2-1-3-7-15)27(34-22)23(30)18-8-4-5-9-19(18)24(27)31/h1-13,20-22H,14H2/t20-,21+,22+/m1/s1. The fraction of sp³-hybridized carbons (Fsp3) is 0.185. The molecule has 6 nitrogen and oxygen atoms in total. The summed E-state index contributed by atoms with van der Waals surface area (Å²) in [6.07, 6.45) is -0.943. The van der Waals surface area contributed by atoms with Gasteiger partial charge in [0, 0.05) is 16.1 Å². The molecule has 1 spiro atoms. The van der Waals surface area contributed by atoms with Crippen LogP contribution in [0.25, 0.3) is 0 Å². The molecule has 168 valence electrons. The van der Waals surface area contributed by atoms with Crippen molar-refractivity contribution in [3.05, 3.63) is 106 Å². The molecule has 0 aromatic heterocycles. The van der Waals surface area contributed by atoms with Gasteiger partial charge in [-0.2, -0.15) is 0 Å². The number of imide groups is 1. The highest BCUT2D eigenvalue weighted by Crippen LogP contribution is 2.57. The van der Waals surface area contributed by atoms with Gasteiger partial charge in [0.05, 0.1) is 24.5 Å². The van der Waals surface area contributed by atoms with Gasteiger partial charge in [-0.05, 0) is 23.3 Å². The molecule has 2 amide bonds. The van der Waals surface area contributed by atoms with Crippen LogP contribution in [-0.4, -0.2) is 33.9 Å². The lowest BCUT2D eigenvalue weighted by molar-refractivity contribution is -0.145. The lowest BCUT2D eigenvalue weighted by atomic mass is 9.77. The van der Waals surface area contributed by atoms with E-state index in [1.54, 1.807) is 48.5 Å². The van der Waals surface area contributed by atoms with E-state index >= 15 is 0 Å². The van der Waals surface area contributed by atoms with Crippen molar-refractivity contribution >= 4 is 35.0 Å². The molecule has 6 rings (SSSR count). The summed E-state index contributed by atoms with van der Waals surface area (Å²) >= 11 is 6.04. The smallest absolute Gasteiger partial charge is 0.237 e. The molecular formula is C27H18ClNO5. The zero-order valence-corrected chi connectivity index (χ0v) is 18.6. The third-order valence-corrected chi connectivity index (χ3v) is 7.24. The summed E-state index contributed by atoms with van der Waals surface area (Å²) in [5.74, 6) is -4.39. The fourth-order valence-corrected chi connectivity index (χ4v) is 5.58. The summed E-state index contributed by atoms with van der Waals surface area (Å²) in [5, 5.41) is 0.493. The van der Waals surface area contributed by atoms with Gasteiger partial charge in [0.15, 0.2) is 0 Å². The number of ketones is 2. The number of ether oxygens (including phenoxy) is 1. The van der Waals surface area contributed by atoms with Crippen molar-refractivity contribution in [3.63, 3.8) is 0 Å². The minimum Gasteiger partial charge on any atom is -0.349 e. The molecule has 0 unspecified atom stereocenters. The summed E-state index contributed by atoms with van der Waals surface area (Å²) < 4.78 is 6.24. The number of carbonyl (C=O) groups is 4. The summed E-state index contributed by atoms with van der Waals surface area (Å²) in [6.45, 7) is 0.0598. The predicted octanol–water partition coefficient (Wildman–Crippen LogP) is 4.03. The molecule has 2 saturated heterocycles. The van der Waals surface area contributed by atoms with E-state index in [0.717, 1.165) is 10.5 Å². The zero-order valence-electron chi connectivity index (χ0n) is 17.8. The van der Waals surface area contributed by atoms with Gasteiger partial charge in [-0.3, -0.25) is 24.1 Å². The second kappa shape index (κ2) is 7.45. The third-order valence-electron chi connectivity index (χ3n) is 6.99. The SMILES string of the molecule is O=C1[C@@H]2[C@@H](C(=O)N1Cc1ccccc1)C1(O[C@H]2c2ccc(Cl)cc2)C(=O)c2ccccc2C1=O. The number of likely N-dealkylation sites (tertiary alicyclic amines) is 1. The van der Waals surface area contributed by atoms with Crippen molar-refractivity contribution in [1.82, 2.24) is 4.90 Å². The van der Waals surface area contributed by atoms with Gasteiger partial charge in [0.2, 0.25) is 29.0 Å². The minimum absolute atomic E-state index is 0.0598. The van der Waals surface area contributed by atoms with Crippen molar-refractivity contribution < 1.29 is 23.9 Å². The number of hydrogen-bond donors (Lipinski definition) is 0. The van der Waals surface area contributed by atoms with Crippen molar-refractivity contribution in [2.24, 2.45) is 11.8 Å². The van der Waals surface area contributed by atoms with Crippen molar-refractivity contribution in [2.75, 3.05) is 0 Å². The highest BCUT2D eigenvalue weighted by atomic mass is 35.5. The molecule has 3 aromatic carbocycles. The number of Topliss-reactive ketones (excluding diaryl/α,β-unsaturated/α-hetero) is 2. The Morgan fingerprint density at radius 3 is 1.97 bits per heavy atom. The van der Waals surface area contributed by atoms with Crippen LogP contribution >= 0.6 is 11.6 Å². The first kappa shape index (κ1) is 21.0. The first-order valence-electron chi connectivity index (χ1n) is 10.9. The Kier molecular flexibility index (Phi) is 4.59. The second-order valence-corrected chi connectivity index (χ2v) is 9.22. The number of benzene rings is 3. The number of halogens is 1. The number of amides is 2. The van der Waals surface area contributed by atoms with Crippen LogP contribution in [-0.2, 0) is 20.9 Å². The molecule has 1 aliphatic carbocycles. The van der Waals surface area contributed by atoms with E-state index in [1.807, 2.05) is 30.3 Å². The van der Waals surface area contributed by atoms with E-state index in [9.17, 15) is 19.2 Å². The Hall–Kier alpha value is -3.61. The molecule has 3 atom stereocenters. The number of rotatable bonds is 3. The van der Waals surface area contributed by atoms with Gasteiger partial charge in [-0.25, -0.2) is 0 Å². The number of nitrogens with zero attached hydrogens (tertiary/aromatic N) is 1. The molecule has 0 bridgehead atoms. The molecule has 2 fully saturated rings. The highest BCUT2D eigenvalue weighted by molar-refractivity contribution is 6.35. The molecule has 7 heteroatoms. The van der Waals surface area contributed by atoms with E-state index in [-0.39, 0.29) is 17.7 Å². The van der Waals surface area contributed by atoms with Gasteiger partial charge in [0.25, 0.3) is 0 Å². The number of carbonyl (C=O) groups excluding carboxylic acids is 4.